The van der Waals surface area contributed by atoms with Crippen LogP contribution in [-0.2, 0) is 11.3 Å². The first kappa shape index (κ1) is 22.2. The lowest BCUT2D eigenvalue weighted by molar-refractivity contribution is -0.125. The Kier molecular flexibility index (Phi) is 8.36. The van der Waals surface area contributed by atoms with E-state index < -0.39 is 17.9 Å². The van der Waals surface area contributed by atoms with E-state index in [4.69, 9.17) is 28.9 Å². The maximum absolute atomic E-state index is 12.6. The van der Waals surface area contributed by atoms with Crippen molar-refractivity contribution in [1.29, 1.82) is 0 Å². The molecule has 0 aliphatic rings. The topological polar surface area (TPSA) is 88.7 Å². The normalized spacial score (nSPS) is 12.2. The highest BCUT2D eigenvalue weighted by molar-refractivity contribution is 6.35. The average Bonchev–Trinajstić information content (AvgIpc) is 2.52. The SMILES string of the molecule is CCNC(=NCc1cc(Cl)cc(Cl)c1OC(F)F)NCC(C)(C)C(N)=O. The Hall–Kier alpha value is -1.80. The lowest BCUT2D eigenvalue weighted by atomic mass is 9.93. The highest BCUT2D eigenvalue weighted by atomic mass is 35.5. The molecule has 0 bridgehead atoms. The summed E-state index contributed by atoms with van der Waals surface area (Å²) >= 11 is 11.9. The van der Waals surface area contributed by atoms with E-state index in [-0.39, 0.29) is 28.9 Å². The number of carbonyl (C=O) groups excluding carboxylic acids is 1. The number of nitrogens with zero attached hydrogens (tertiary/aromatic N) is 1. The average molecular weight is 411 g/mol. The number of nitrogens with one attached hydrogen (secondary N) is 2. The van der Waals surface area contributed by atoms with Gasteiger partial charge in [0.05, 0.1) is 17.0 Å². The van der Waals surface area contributed by atoms with Crippen molar-refractivity contribution < 1.29 is 18.3 Å². The minimum Gasteiger partial charge on any atom is -0.433 e. The lowest BCUT2D eigenvalue weighted by Gasteiger charge is -2.22. The second-order valence-corrected chi connectivity index (χ2v) is 6.89. The van der Waals surface area contributed by atoms with Gasteiger partial charge < -0.3 is 21.1 Å². The molecule has 0 heterocycles. The summed E-state index contributed by atoms with van der Waals surface area (Å²) in [5.41, 5.74) is 4.85. The third-order valence-electron chi connectivity index (χ3n) is 3.41. The number of rotatable bonds is 8. The van der Waals surface area contributed by atoms with Crippen molar-refractivity contribution in [2.24, 2.45) is 16.1 Å². The molecule has 0 saturated carbocycles. The van der Waals surface area contributed by atoms with E-state index in [1.165, 1.54) is 12.1 Å². The van der Waals surface area contributed by atoms with Crippen molar-refractivity contribution in [3.8, 4) is 5.75 Å². The molecular formula is C16H22Cl2F2N4O2. The molecule has 0 aliphatic carbocycles. The van der Waals surface area contributed by atoms with Crippen LogP contribution >= 0.6 is 23.2 Å². The number of carbonyl (C=O) groups is 1. The van der Waals surface area contributed by atoms with Crippen LogP contribution in [0.5, 0.6) is 5.75 Å². The Bertz CT molecular complexity index is 670. The van der Waals surface area contributed by atoms with E-state index in [1.54, 1.807) is 13.8 Å². The molecule has 1 aromatic carbocycles. The summed E-state index contributed by atoms with van der Waals surface area (Å²) in [6, 6.07) is 2.76. The Morgan fingerprint density at radius 3 is 2.54 bits per heavy atom. The predicted octanol–water partition coefficient (Wildman–Crippen LogP) is 3.16. The van der Waals surface area contributed by atoms with Crippen LogP contribution in [0.2, 0.25) is 10.0 Å². The minimum absolute atomic E-state index is 0.0192. The largest absolute Gasteiger partial charge is 0.433 e. The van der Waals surface area contributed by atoms with Gasteiger partial charge in [-0.2, -0.15) is 8.78 Å². The van der Waals surface area contributed by atoms with E-state index >= 15 is 0 Å². The zero-order chi connectivity index (χ0) is 19.9. The van der Waals surface area contributed by atoms with Gasteiger partial charge in [-0.3, -0.25) is 4.79 Å². The maximum Gasteiger partial charge on any atom is 0.387 e. The molecule has 1 amide bonds. The van der Waals surface area contributed by atoms with Gasteiger partial charge in [-0.25, -0.2) is 4.99 Å². The molecule has 10 heteroatoms. The number of benzene rings is 1. The summed E-state index contributed by atoms with van der Waals surface area (Å²) < 4.78 is 29.7. The first-order valence-electron chi connectivity index (χ1n) is 7.81. The van der Waals surface area contributed by atoms with Gasteiger partial charge in [0.1, 0.15) is 5.75 Å². The van der Waals surface area contributed by atoms with Crippen molar-refractivity contribution >= 4 is 35.1 Å². The number of primary amides is 1. The third-order valence-corrected chi connectivity index (χ3v) is 3.91. The van der Waals surface area contributed by atoms with E-state index in [0.717, 1.165) is 0 Å². The second kappa shape index (κ2) is 9.78. The molecule has 26 heavy (non-hydrogen) atoms. The fraction of sp³-hybridized carbons (Fsp3) is 0.500. The summed E-state index contributed by atoms with van der Waals surface area (Å²) in [5, 5.41) is 6.21. The number of alkyl halides is 2. The van der Waals surface area contributed by atoms with E-state index in [2.05, 4.69) is 20.4 Å². The summed E-state index contributed by atoms with van der Waals surface area (Å²) in [6.45, 7) is 2.99. The lowest BCUT2D eigenvalue weighted by Crippen LogP contribution is -2.46. The molecule has 0 spiro atoms. The molecule has 0 aliphatic heterocycles. The quantitative estimate of drug-likeness (QED) is 0.453. The Morgan fingerprint density at radius 2 is 2.00 bits per heavy atom. The number of aliphatic imine (C=N–C) groups is 1. The Balaban J connectivity index is 3.00. The first-order chi connectivity index (χ1) is 12.1. The molecular weight excluding hydrogens is 389 g/mol. The number of guanidine groups is 1. The molecule has 0 atom stereocenters. The highest BCUT2D eigenvalue weighted by Crippen LogP contribution is 2.34. The van der Waals surface area contributed by atoms with Crippen molar-refractivity contribution in [2.45, 2.75) is 33.9 Å². The van der Waals surface area contributed by atoms with E-state index in [9.17, 15) is 13.6 Å². The standard InChI is InChI=1S/C16H22Cl2F2N4O2/c1-4-22-15(24-8-16(2,3)13(21)25)23-7-9-5-10(17)6-11(18)12(9)26-14(19)20/h5-6,14H,4,7-8H2,1-3H3,(H2,21,25)(H2,22,23,24). The molecule has 0 radical (unpaired) electrons. The van der Waals surface area contributed by atoms with Gasteiger partial charge in [0.15, 0.2) is 5.96 Å². The van der Waals surface area contributed by atoms with Crippen molar-refractivity contribution in [1.82, 2.24) is 10.6 Å². The number of hydrogen-bond donors (Lipinski definition) is 3. The Labute approximate surface area is 161 Å². The molecule has 0 fully saturated rings. The molecule has 1 aromatic rings. The highest BCUT2D eigenvalue weighted by Gasteiger charge is 2.25. The van der Waals surface area contributed by atoms with E-state index in [1.807, 2.05) is 6.92 Å². The van der Waals surface area contributed by atoms with Gasteiger partial charge in [-0.05, 0) is 32.9 Å². The van der Waals surface area contributed by atoms with Crippen LogP contribution in [0, 0.1) is 5.41 Å². The van der Waals surface area contributed by atoms with Crippen molar-refractivity contribution in [3.05, 3.63) is 27.7 Å². The number of halogens is 4. The van der Waals surface area contributed by atoms with Crippen LogP contribution < -0.4 is 21.1 Å². The number of nitrogens with two attached hydrogens (primary N) is 1. The summed E-state index contributed by atoms with van der Waals surface area (Å²) in [5.74, 6) is -0.265. The molecule has 0 unspecified atom stereocenters. The van der Waals surface area contributed by atoms with Gasteiger partial charge in [0.25, 0.3) is 0 Å². The van der Waals surface area contributed by atoms with Gasteiger partial charge in [-0.1, -0.05) is 23.2 Å². The van der Waals surface area contributed by atoms with Crippen LogP contribution in [0.25, 0.3) is 0 Å². The van der Waals surface area contributed by atoms with Crippen LogP contribution in [0.1, 0.15) is 26.3 Å². The van der Waals surface area contributed by atoms with Crippen LogP contribution in [0.4, 0.5) is 8.78 Å². The predicted molar refractivity (Wildman–Crippen MR) is 98.9 cm³/mol. The summed E-state index contributed by atoms with van der Waals surface area (Å²) in [6.07, 6.45) is 0. The zero-order valence-corrected chi connectivity index (χ0v) is 16.2. The molecule has 0 aromatic heterocycles. The van der Waals surface area contributed by atoms with Crippen LogP contribution in [0.3, 0.4) is 0 Å². The third kappa shape index (κ3) is 6.84. The summed E-state index contributed by atoms with van der Waals surface area (Å²) in [4.78, 5) is 15.7. The smallest absolute Gasteiger partial charge is 0.387 e. The first-order valence-corrected chi connectivity index (χ1v) is 8.57. The fourth-order valence-corrected chi connectivity index (χ4v) is 2.43. The van der Waals surface area contributed by atoms with E-state index in [0.29, 0.717) is 18.1 Å². The van der Waals surface area contributed by atoms with Gasteiger partial charge in [0, 0.05) is 23.7 Å². The molecule has 146 valence electrons. The van der Waals surface area contributed by atoms with Crippen LogP contribution in [-0.4, -0.2) is 31.6 Å². The maximum atomic E-state index is 12.6. The number of hydrogen-bond acceptors (Lipinski definition) is 3. The second-order valence-electron chi connectivity index (χ2n) is 6.05. The van der Waals surface area contributed by atoms with Crippen LogP contribution in [0.15, 0.2) is 17.1 Å². The molecule has 1 rings (SSSR count). The summed E-state index contributed by atoms with van der Waals surface area (Å²) in [7, 11) is 0. The monoisotopic (exact) mass is 410 g/mol. The van der Waals surface area contributed by atoms with Gasteiger partial charge in [0.2, 0.25) is 5.91 Å². The molecule has 4 N–H and O–H groups in total. The molecule has 6 nitrogen and oxygen atoms in total. The number of amides is 1. The van der Waals surface area contributed by atoms with Crippen molar-refractivity contribution in [2.75, 3.05) is 13.1 Å². The molecule has 0 saturated heterocycles. The van der Waals surface area contributed by atoms with Gasteiger partial charge >= 0.3 is 6.61 Å². The van der Waals surface area contributed by atoms with Crippen molar-refractivity contribution in [3.63, 3.8) is 0 Å². The number of ether oxygens (including phenoxy) is 1. The Morgan fingerprint density at radius 1 is 1.35 bits per heavy atom. The minimum atomic E-state index is -3.03. The van der Waals surface area contributed by atoms with Gasteiger partial charge in [-0.15, -0.1) is 0 Å². The zero-order valence-electron chi connectivity index (χ0n) is 14.7. The fourth-order valence-electron chi connectivity index (χ4n) is 1.85.